The molecule has 0 saturated heterocycles. The largest absolute Gasteiger partial charge is 0.342 e. The smallest absolute Gasteiger partial charge is 0.237 e. The normalized spacial score (nSPS) is 11.8. The lowest BCUT2D eigenvalue weighted by molar-refractivity contribution is -0.131. The van der Waals surface area contributed by atoms with Gasteiger partial charge in [0.15, 0.2) is 5.78 Å². The Labute approximate surface area is 168 Å². The van der Waals surface area contributed by atoms with Crippen LogP contribution in [0.2, 0.25) is 0 Å². The first kappa shape index (κ1) is 19.7. The molecule has 3 aromatic rings. The molecule has 144 valence electrons. The molecule has 0 bridgehead atoms. The van der Waals surface area contributed by atoms with Crippen LogP contribution in [-0.4, -0.2) is 44.9 Å². The first-order chi connectivity index (χ1) is 13.5. The van der Waals surface area contributed by atoms with E-state index in [9.17, 15) is 9.59 Å². The Hall–Kier alpha value is -3.06. The summed E-state index contributed by atoms with van der Waals surface area (Å²) in [6, 6.07) is 16.2. The number of amides is 1. The van der Waals surface area contributed by atoms with Crippen molar-refractivity contribution >= 4 is 23.9 Å². The Morgan fingerprint density at radius 1 is 1.00 bits per heavy atom. The molecular weight excluding hydrogens is 372 g/mol. The van der Waals surface area contributed by atoms with Crippen molar-refractivity contribution in [2.75, 3.05) is 13.1 Å². The topological polar surface area (TPSA) is 81.8 Å². The van der Waals surface area contributed by atoms with Crippen LogP contribution >= 0.6 is 12.2 Å². The summed E-state index contributed by atoms with van der Waals surface area (Å²) in [6.07, 6.45) is 0. The Morgan fingerprint density at radius 3 is 2.29 bits per heavy atom. The lowest BCUT2D eigenvalue weighted by Gasteiger charge is -2.24. The molecule has 6 nitrogen and oxygen atoms in total. The van der Waals surface area contributed by atoms with Crippen LogP contribution in [0, 0.1) is 4.77 Å². The van der Waals surface area contributed by atoms with Crippen molar-refractivity contribution in [3.63, 3.8) is 0 Å². The number of carbonyl (C=O) groups excluding carboxylic acids is 2. The summed E-state index contributed by atoms with van der Waals surface area (Å²) in [4.78, 5) is 32.0. The second-order valence-corrected chi connectivity index (χ2v) is 6.70. The second-order valence-electron chi connectivity index (χ2n) is 6.32. The molecule has 1 amide bonds. The highest BCUT2D eigenvalue weighted by Crippen LogP contribution is 2.26. The van der Waals surface area contributed by atoms with E-state index in [-0.39, 0.29) is 16.5 Å². The third-order valence-electron chi connectivity index (χ3n) is 4.63. The van der Waals surface area contributed by atoms with Crippen molar-refractivity contribution in [3.8, 4) is 0 Å². The highest BCUT2D eigenvalue weighted by atomic mass is 32.1. The number of hydrogen-bond donors (Lipinski definition) is 2. The maximum atomic E-state index is 13.2. The standard InChI is InChI=1S/C21H22N4O2S/c1-3-25(4-2)20(27)17(19-22-21(28)24-23-19)15-11-8-12-16(13-15)18(26)14-9-6-5-7-10-14/h5-13,17H,3-4H2,1-2H3,(H2,22,23,24,28). The third-order valence-corrected chi connectivity index (χ3v) is 4.83. The molecule has 28 heavy (non-hydrogen) atoms. The van der Waals surface area contributed by atoms with E-state index in [1.54, 1.807) is 35.2 Å². The van der Waals surface area contributed by atoms with Gasteiger partial charge in [-0.05, 0) is 37.7 Å². The second kappa shape index (κ2) is 8.75. The van der Waals surface area contributed by atoms with E-state index >= 15 is 0 Å². The third kappa shape index (κ3) is 4.09. The Balaban J connectivity index is 2.04. The lowest BCUT2D eigenvalue weighted by atomic mass is 9.93. The minimum Gasteiger partial charge on any atom is -0.342 e. The van der Waals surface area contributed by atoms with Gasteiger partial charge in [0.05, 0.1) is 0 Å². The summed E-state index contributed by atoms with van der Waals surface area (Å²) < 4.78 is 0.281. The van der Waals surface area contributed by atoms with Gasteiger partial charge in [0.25, 0.3) is 0 Å². The average Bonchev–Trinajstić information content (AvgIpc) is 3.15. The van der Waals surface area contributed by atoms with E-state index in [1.165, 1.54) is 0 Å². The quantitative estimate of drug-likeness (QED) is 0.473. The number of likely N-dealkylation sites (N-methyl/N-ethyl adjacent to an activating group) is 1. The van der Waals surface area contributed by atoms with Gasteiger partial charge in [-0.3, -0.25) is 19.8 Å². The van der Waals surface area contributed by atoms with E-state index in [0.717, 1.165) is 0 Å². The highest BCUT2D eigenvalue weighted by molar-refractivity contribution is 7.71. The monoisotopic (exact) mass is 394 g/mol. The summed E-state index contributed by atoms with van der Waals surface area (Å²) in [7, 11) is 0. The van der Waals surface area contributed by atoms with Crippen LogP contribution in [0.5, 0.6) is 0 Å². The number of ketones is 1. The number of hydrogen-bond acceptors (Lipinski definition) is 4. The van der Waals surface area contributed by atoms with Crippen molar-refractivity contribution in [1.29, 1.82) is 0 Å². The summed E-state index contributed by atoms with van der Waals surface area (Å²) >= 11 is 5.07. The van der Waals surface area contributed by atoms with Crippen molar-refractivity contribution in [3.05, 3.63) is 81.9 Å². The molecule has 0 aliphatic carbocycles. The van der Waals surface area contributed by atoms with Gasteiger partial charge in [-0.2, -0.15) is 0 Å². The minimum absolute atomic E-state index is 0.0907. The van der Waals surface area contributed by atoms with Gasteiger partial charge in [-0.1, -0.05) is 48.5 Å². The molecule has 0 aliphatic rings. The molecule has 2 N–H and O–H groups in total. The number of H-pyrrole nitrogens is 2. The Morgan fingerprint density at radius 2 is 1.68 bits per heavy atom. The first-order valence-electron chi connectivity index (χ1n) is 9.18. The van der Waals surface area contributed by atoms with Crippen LogP contribution in [0.4, 0.5) is 0 Å². The predicted molar refractivity (Wildman–Crippen MR) is 110 cm³/mol. The molecule has 1 aromatic heterocycles. The van der Waals surface area contributed by atoms with Gasteiger partial charge in [-0.25, -0.2) is 4.98 Å². The maximum absolute atomic E-state index is 13.2. The number of aromatic nitrogens is 3. The van der Waals surface area contributed by atoms with Crippen LogP contribution in [0.3, 0.4) is 0 Å². The predicted octanol–water partition coefficient (Wildman–Crippen LogP) is 3.70. The lowest BCUT2D eigenvalue weighted by Crippen LogP contribution is -2.35. The Bertz CT molecular complexity index is 1020. The molecule has 1 heterocycles. The van der Waals surface area contributed by atoms with Gasteiger partial charge in [0.2, 0.25) is 10.7 Å². The van der Waals surface area contributed by atoms with E-state index in [1.807, 2.05) is 38.1 Å². The number of rotatable bonds is 7. The number of aromatic amines is 2. The molecule has 2 aromatic carbocycles. The zero-order chi connectivity index (χ0) is 20.1. The summed E-state index contributed by atoms with van der Waals surface area (Å²) in [5.41, 5.74) is 1.82. The molecule has 0 fully saturated rings. The van der Waals surface area contributed by atoms with Crippen LogP contribution < -0.4 is 0 Å². The van der Waals surface area contributed by atoms with Crippen LogP contribution in [0.25, 0.3) is 0 Å². The van der Waals surface area contributed by atoms with Crippen molar-refractivity contribution in [1.82, 2.24) is 20.1 Å². The van der Waals surface area contributed by atoms with Crippen LogP contribution in [0.1, 0.15) is 47.1 Å². The molecule has 7 heteroatoms. The maximum Gasteiger partial charge on any atom is 0.237 e. The van der Waals surface area contributed by atoms with Crippen molar-refractivity contribution in [2.45, 2.75) is 19.8 Å². The van der Waals surface area contributed by atoms with Gasteiger partial charge < -0.3 is 4.90 Å². The minimum atomic E-state index is -0.670. The fraction of sp³-hybridized carbons (Fsp3) is 0.238. The van der Waals surface area contributed by atoms with Crippen molar-refractivity contribution in [2.24, 2.45) is 0 Å². The first-order valence-corrected chi connectivity index (χ1v) is 9.59. The van der Waals surface area contributed by atoms with Crippen molar-refractivity contribution < 1.29 is 9.59 Å². The molecule has 1 unspecified atom stereocenters. The molecule has 3 rings (SSSR count). The average molecular weight is 395 g/mol. The van der Waals surface area contributed by atoms with Crippen LogP contribution in [0.15, 0.2) is 54.6 Å². The molecule has 0 aliphatic heterocycles. The molecule has 0 saturated carbocycles. The van der Waals surface area contributed by atoms with E-state index in [0.29, 0.717) is 35.6 Å². The molecule has 0 radical (unpaired) electrons. The van der Waals surface area contributed by atoms with E-state index < -0.39 is 5.92 Å². The van der Waals surface area contributed by atoms with Crippen LogP contribution in [-0.2, 0) is 4.79 Å². The summed E-state index contributed by atoms with van der Waals surface area (Å²) in [5.74, 6) is -0.416. The van der Waals surface area contributed by atoms with Gasteiger partial charge in [0.1, 0.15) is 11.7 Å². The number of benzene rings is 2. The van der Waals surface area contributed by atoms with E-state index in [4.69, 9.17) is 12.2 Å². The SMILES string of the molecule is CCN(CC)C(=O)C(c1cccc(C(=O)c2ccccc2)c1)c1nc(=S)[nH][nH]1. The summed E-state index contributed by atoms with van der Waals surface area (Å²) in [5, 5.41) is 5.65. The Kier molecular flexibility index (Phi) is 6.16. The fourth-order valence-corrected chi connectivity index (χ4v) is 3.32. The highest BCUT2D eigenvalue weighted by Gasteiger charge is 2.29. The zero-order valence-electron chi connectivity index (χ0n) is 15.8. The van der Waals surface area contributed by atoms with Gasteiger partial charge in [-0.15, -0.1) is 0 Å². The molecular formula is C21H22N4O2S. The fourth-order valence-electron chi connectivity index (χ4n) is 3.17. The van der Waals surface area contributed by atoms with Gasteiger partial charge >= 0.3 is 0 Å². The van der Waals surface area contributed by atoms with E-state index in [2.05, 4.69) is 15.2 Å². The molecule has 0 spiro atoms. The number of nitrogens with zero attached hydrogens (tertiary/aromatic N) is 2. The number of carbonyl (C=O) groups is 2. The molecule has 1 atom stereocenters. The number of nitrogens with one attached hydrogen (secondary N) is 2. The summed E-state index contributed by atoms with van der Waals surface area (Å²) in [6.45, 7) is 5.03. The van der Waals surface area contributed by atoms with Gasteiger partial charge in [0, 0.05) is 24.2 Å². The zero-order valence-corrected chi connectivity index (χ0v) is 16.6.